The fourth-order valence-electron chi connectivity index (χ4n) is 3.55. The first-order valence-electron chi connectivity index (χ1n) is 7.23. The summed E-state index contributed by atoms with van der Waals surface area (Å²) in [6.45, 7) is 10.6. The number of piperazine rings is 1. The SMILES string of the molecule is Cc1ccc(C)c(N2CC3CCCN3CC2C)c1. The first kappa shape index (κ1) is 12.0. The molecule has 2 aliphatic rings. The van der Waals surface area contributed by atoms with E-state index in [2.05, 4.69) is 48.8 Å². The molecule has 3 rings (SSSR count). The van der Waals surface area contributed by atoms with Gasteiger partial charge in [-0.3, -0.25) is 4.90 Å². The summed E-state index contributed by atoms with van der Waals surface area (Å²) in [7, 11) is 0. The van der Waals surface area contributed by atoms with Crippen LogP contribution in [0.4, 0.5) is 5.69 Å². The van der Waals surface area contributed by atoms with Gasteiger partial charge in [-0.15, -0.1) is 0 Å². The van der Waals surface area contributed by atoms with Crippen molar-refractivity contribution in [3.05, 3.63) is 29.3 Å². The third-order valence-electron chi connectivity index (χ3n) is 4.61. The highest BCUT2D eigenvalue weighted by molar-refractivity contribution is 5.56. The standard InChI is InChI=1S/C16H24N2/c1-12-6-7-13(2)16(9-12)18-11-15-5-4-8-17(15)10-14(18)3/h6-7,9,14-15H,4-5,8,10-11H2,1-3H3. The van der Waals surface area contributed by atoms with Gasteiger partial charge in [-0.1, -0.05) is 12.1 Å². The van der Waals surface area contributed by atoms with Crippen LogP contribution in [0.15, 0.2) is 18.2 Å². The summed E-state index contributed by atoms with van der Waals surface area (Å²) < 4.78 is 0. The van der Waals surface area contributed by atoms with Crippen LogP contribution in [0.1, 0.15) is 30.9 Å². The molecule has 0 N–H and O–H groups in total. The Morgan fingerprint density at radius 3 is 2.83 bits per heavy atom. The number of hydrogen-bond acceptors (Lipinski definition) is 2. The average molecular weight is 244 g/mol. The molecule has 2 aliphatic heterocycles. The molecule has 2 atom stereocenters. The molecule has 0 saturated carbocycles. The van der Waals surface area contributed by atoms with Crippen molar-refractivity contribution in [2.75, 3.05) is 24.5 Å². The van der Waals surface area contributed by atoms with E-state index in [1.807, 2.05) is 0 Å². The quantitative estimate of drug-likeness (QED) is 0.749. The Kier molecular flexibility index (Phi) is 3.06. The van der Waals surface area contributed by atoms with Crippen molar-refractivity contribution in [3.63, 3.8) is 0 Å². The molecule has 2 nitrogen and oxygen atoms in total. The third kappa shape index (κ3) is 2.03. The van der Waals surface area contributed by atoms with Gasteiger partial charge in [-0.05, 0) is 57.4 Å². The summed E-state index contributed by atoms with van der Waals surface area (Å²) in [5.41, 5.74) is 4.24. The van der Waals surface area contributed by atoms with E-state index >= 15 is 0 Å². The minimum atomic E-state index is 0.639. The Morgan fingerprint density at radius 1 is 1.17 bits per heavy atom. The number of nitrogens with zero attached hydrogens (tertiary/aromatic N) is 2. The van der Waals surface area contributed by atoms with Crippen molar-refractivity contribution < 1.29 is 0 Å². The molecule has 2 unspecified atom stereocenters. The minimum absolute atomic E-state index is 0.639. The molecule has 2 saturated heterocycles. The van der Waals surface area contributed by atoms with Crippen LogP contribution in [0.2, 0.25) is 0 Å². The second kappa shape index (κ2) is 4.58. The molecule has 18 heavy (non-hydrogen) atoms. The molecule has 0 radical (unpaired) electrons. The van der Waals surface area contributed by atoms with E-state index in [1.54, 1.807) is 0 Å². The Labute approximate surface area is 111 Å². The number of benzene rings is 1. The smallest absolute Gasteiger partial charge is 0.0401 e. The van der Waals surface area contributed by atoms with Crippen LogP contribution in [-0.2, 0) is 0 Å². The van der Waals surface area contributed by atoms with Gasteiger partial charge in [-0.2, -0.15) is 0 Å². The molecule has 98 valence electrons. The van der Waals surface area contributed by atoms with Gasteiger partial charge in [0.05, 0.1) is 0 Å². The summed E-state index contributed by atoms with van der Waals surface area (Å²) in [5, 5.41) is 0. The average Bonchev–Trinajstić information content (AvgIpc) is 2.78. The van der Waals surface area contributed by atoms with Crippen molar-refractivity contribution >= 4 is 5.69 Å². The first-order chi connectivity index (χ1) is 8.65. The lowest BCUT2D eigenvalue weighted by Gasteiger charge is -2.44. The van der Waals surface area contributed by atoms with Crippen LogP contribution in [0.3, 0.4) is 0 Å². The van der Waals surface area contributed by atoms with Crippen molar-refractivity contribution in [3.8, 4) is 0 Å². The molecule has 1 aromatic carbocycles. The van der Waals surface area contributed by atoms with E-state index < -0.39 is 0 Å². The summed E-state index contributed by atoms with van der Waals surface area (Å²) in [5.74, 6) is 0. The second-order valence-electron chi connectivity index (χ2n) is 6.08. The lowest BCUT2D eigenvalue weighted by molar-refractivity contribution is 0.203. The fourth-order valence-corrected chi connectivity index (χ4v) is 3.55. The molecule has 0 aromatic heterocycles. The maximum atomic E-state index is 2.69. The molecule has 0 amide bonds. The van der Waals surface area contributed by atoms with Crippen LogP contribution in [0, 0.1) is 13.8 Å². The fraction of sp³-hybridized carbons (Fsp3) is 0.625. The molecule has 0 spiro atoms. The molecule has 2 heterocycles. The number of hydrogen-bond donors (Lipinski definition) is 0. The van der Waals surface area contributed by atoms with Crippen molar-refractivity contribution in [2.45, 2.75) is 45.7 Å². The maximum absolute atomic E-state index is 2.69. The number of rotatable bonds is 1. The van der Waals surface area contributed by atoms with Crippen molar-refractivity contribution in [1.82, 2.24) is 4.90 Å². The zero-order valence-corrected chi connectivity index (χ0v) is 11.8. The summed E-state index contributed by atoms with van der Waals surface area (Å²) >= 11 is 0. The molecule has 1 aromatic rings. The monoisotopic (exact) mass is 244 g/mol. The molecule has 2 fully saturated rings. The van der Waals surface area contributed by atoms with Crippen LogP contribution < -0.4 is 4.90 Å². The van der Waals surface area contributed by atoms with Gasteiger partial charge < -0.3 is 4.90 Å². The van der Waals surface area contributed by atoms with Gasteiger partial charge in [0, 0.05) is 30.9 Å². The van der Waals surface area contributed by atoms with Crippen LogP contribution in [0.25, 0.3) is 0 Å². The molecular weight excluding hydrogens is 220 g/mol. The van der Waals surface area contributed by atoms with Gasteiger partial charge >= 0.3 is 0 Å². The third-order valence-corrected chi connectivity index (χ3v) is 4.61. The topological polar surface area (TPSA) is 6.48 Å². The van der Waals surface area contributed by atoms with E-state index in [-0.39, 0.29) is 0 Å². The van der Waals surface area contributed by atoms with E-state index in [1.165, 1.54) is 49.3 Å². The van der Waals surface area contributed by atoms with E-state index in [0.29, 0.717) is 6.04 Å². The molecule has 2 heteroatoms. The van der Waals surface area contributed by atoms with E-state index in [9.17, 15) is 0 Å². The van der Waals surface area contributed by atoms with Gasteiger partial charge in [0.15, 0.2) is 0 Å². The van der Waals surface area contributed by atoms with Gasteiger partial charge in [0.25, 0.3) is 0 Å². The lowest BCUT2D eigenvalue weighted by atomic mass is 10.0. The van der Waals surface area contributed by atoms with Crippen molar-refractivity contribution in [1.29, 1.82) is 0 Å². The zero-order chi connectivity index (χ0) is 12.7. The maximum Gasteiger partial charge on any atom is 0.0401 e. The highest BCUT2D eigenvalue weighted by atomic mass is 15.3. The van der Waals surface area contributed by atoms with Crippen LogP contribution in [-0.4, -0.2) is 36.6 Å². The Bertz CT molecular complexity index is 441. The van der Waals surface area contributed by atoms with Crippen molar-refractivity contribution in [2.24, 2.45) is 0 Å². The normalized spacial score (nSPS) is 28.5. The van der Waals surface area contributed by atoms with Crippen LogP contribution >= 0.6 is 0 Å². The molecule has 0 aliphatic carbocycles. The predicted octanol–water partition coefficient (Wildman–Crippen LogP) is 2.98. The molecule has 0 bridgehead atoms. The second-order valence-corrected chi connectivity index (χ2v) is 6.08. The van der Waals surface area contributed by atoms with Crippen LogP contribution in [0.5, 0.6) is 0 Å². The Morgan fingerprint density at radius 2 is 2.00 bits per heavy atom. The zero-order valence-electron chi connectivity index (χ0n) is 11.8. The number of anilines is 1. The number of aryl methyl sites for hydroxylation is 2. The highest BCUT2D eigenvalue weighted by Crippen LogP contribution is 2.30. The van der Waals surface area contributed by atoms with Gasteiger partial charge in [0.2, 0.25) is 0 Å². The lowest BCUT2D eigenvalue weighted by Crippen LogP contribution is -2.55. The Hall–Kier alpha value is -1.02. The summed E-state index contributed by atoms with van der Waals surface area (Å²) in [4.78, 5) is 5.32. The van der Waals surface area contributed by atoms with Gasteiger partial charge in [-0.25, -0.2) is 0 Å². The largest absolute Gasteiger partial charge is 0.366 e. The Balaban J connectivity index is 1.88. The number of fused-ring (bicyclic) bond motifs is 1. The highest BCUT2D eigenvalue weighted by Gasteiger charge is 2.34. The summed E-state index contributed by atoms with van der Waals surface area (Å²) in [6, 6.07) is 8.27. The van der Waals surface area contributed by atoms with E-state index in [4.69, 9.17) is 0 Å². The van der Waals surface area contributed by atoms with E-state index in [0.717, 1.165) is 6.04 Å². The minimum Gasteiger partial charge on any atom is -0.366 e. The predicted molar refractivity (Wildman–Crippen MR) is 77.3 cm³/mol. The first-order valence-corrected chi connectivity index (χ1v) is 7.23. The molecular formula is C16H24N2. The van der Waals surface area contributed by atoms with Gasteiger partial charge in [0.1, 0.15) is 0 Å². The summed E-state index contributed by atoms with van der Waals surface area (Å²) in [6.07, 6.45) is 2.77.